The van der Waals surface area contributed by atoms with Crippen molar-refractivity contribution in [2.45, 2.75) is 18.3 Å². The fourth-order valence-electron chi connectivity index (χ4n) is 2.02. The second-order valence-electron chi connectivity index (χ2n) is 4.23. The molecule has 1 aliphatic heterocycles. The molecule has 1 N–H and O–H groups in total. The highest BCUT2D eigenvalue weighted by Crippen LogP contribution is 2.32. The van der Waals surface area contributed by atoms with Crippen LogP contribution in [0, 0.1) is 0 Å². The number of hydrogen-bond donors (Lipinski definition) is 1. The predicted octanol–water partition coefficient (Wildman–Crippen LogP) is 2.32. The summed E-state index contributed by atoms with van der Waals surface area (Å²) in [6.07, 6.45) is 0. The number of hydrogen-bond acceptors (Lipinski definition) is 3. The van der Waals surface area contributed by atoms with E-state index in [9.17, 15) is 9.59 Å². The zero-order chi connectivity index (χ0) is 14.3. The molecule has 5 nitrogen and oxygen atoms in total. The average Bonchev–Trinajstić information content (AvgIpc) is 2.85. The molecular formula is C11H12Cl2N2O3S. The number of aromatic nitrogens is 1. The third kappa shape index (κ3) is 2.44. The quantitative estimate of drug-likeness (QED) is 0.907. The van der Waals surface area contributed by atoms with Crippen LogP contribution in [0.2, 0.25) is 10.2 Å². The van der Waals surface area contributed by atoms with Crippen LogP contribution in [0.25, 0.3) is 0 Å². The van der Waals surface area contributed by atoms with E-state index in [0.29, 0.717) is 5.75 Å². The number of carboxylic acid groups (broad SMARTS) is 1. The number of carbonyl (C=O) groups excluding carboxylic acids is 1. The molecule has 1 amide bonds. The molecule has 0 spiro atoms. The summed E-state index contributed by atoms with van der Waals surface area (Å²) in [4.78, 5) is 25.0. The van der Waals surface area contributed by atoms with Crippen molar-refractivity contribution in [3.8, 4) is 0 Å². The first-order chi connectivity index (χ1) is 8.84. The smallest absolute Gasteiger partial charge is 0.327 e. The summed E-state index contributed by atoms with van der Waals surface area (Å²) in [5.41, 5.74) is 0.288. The number of carbonyl (C=O) groups is 2. The van der Waals surface area contributed by atoms with Crippen LogP contribution >= 0.6 is 35.0 Å². The van der Waals surface area contributed by atoms with Gasteiger partial charge in [-0.05, 0) is 13.0 Å². The zero-order valence-corrected chi connectivity index (χ0v) is 12.6. The standard InChI is InChI=1S/C11H12Cl2N2O3S/c1-5-15(8(4-19-5)11(17)18)10(16)7-3-6(12)9(13)14(7)2/h3,5,8H,4H2,1-2H3,(H,17,18). The fraction of sp³-hybridized carbons (Fsp3) is 0.455. The summed E-state index contributed by atoms with van der Waals surface area (Å²) >= 11 is 13.2. The lowest BCUT2D eigenvalue weighted by atomic mass is 10.2. The minimum absolute atomic E-state index is 0.193. The van der Waals surface area contributed by atoms with Gasteiger partial charge in [0.25, 0.3) is 5.91 Å². The van der Waals surface area contributed by atoms with Crippen molar-refractivity contribution in [1.29, 1.82) is 0 Å². The Morgan fingerprint density at radius 2 is 2.11 bits per heavy atom. The van der Waals surface area contributed by atoms with Crippen LogP contribution in [0.5, 0.6) is 0 Å². The fourth-order valence-corrected chi connectivity index (χ4v) is 3.56. The molecule has 8 heteroatoms. The molecule has 104 valence electrons. The largest absolute Gasteiger partial charge is 0.480 e. The maximum atomic E-state index is 12.5. The van der Waals surface area contributed by atoms with Crippen LogP contribution in [0.3, 0.4) is 0 Å². The van der Waals surface area contributed by atoms with Crippen LogP contribution < -0.4 is 0 Å². The van der Waals surface area contributed by atoms with Gasteiger partial charge in [0.15, 0.2) is 0 Å². The van der Waals surface area contributed by atoms with Crippen LogP contribution in [-0.4, -0.2) is 43.6 Å². The monoisotopic (exact) mass is 322 g/mol. The molecule has 1 fully saturated rings. The normalized spacial score (nSPS) is 22.8. The second-order valence-corrected chi connectivity index (χ2v) is 6.34. The molecular weight excluding hydrogens is 311 g/mol. The molecule has 0 saturated carbocycles. The molecule has 1 aromatic rings. The molecule has 0 bridgehead atoms. The first-order valence-electron chi connectivity index (χ1n) is 5.52. The average molecular weight is 323 g/mol. The van der Waals surface area contributed by atoms with E-state index in [4.69, 9.17) is 28.3 Å². The summed E-state index contributed by atoms with van der Waals surface area (Å²) in [6.45, 7) is 1.80. The van der Waals surface area contributed by atoms with Crippen LogP contribution in [0.4, 0.5) is 0 Å². The van der Waals surface area contributed by atoms with Gasteiger partial charge in [-0.3, -0.25) is 4.79 Å². The van der Waals surface area contributed by atoms with Crippen molar-refractivity contribution in [3.05, 3.63) is 21.9 Å². The summed E-state index contributed by atoms with van der Waals surface area (Å²) in [7, 11) is 1.62. The van der Waals surface area contributed by atoms with Gasteiger partial charge in [0.2, 0.25) is 0 Å². The maximum Gasteiger partial charge on any atom is 0.327 e. The number of amides is 1. The molecule has 2 unspecified atom stereocenters. The van der Waals surface area contributed by atoms with Gasteiger partial charge in [0.1, 0.15) is 16.9 Å². The van der Waals surface area contributed by atoms with Gasteiger partial charge in [-0.25, -0.2) is 4.79 Å². The number of halogens is 2. The van der Waals surface area contributed by atoms with Crippen LogP contribution in [0.15, 0.2) is 6.07 Å². The minimum atomic E-state index is -1.00. The summed E-state index contributed by atoms with van der Waals surface area (Å²) < 4.78 is 1.46. The highest BCUT2D eigenvalue weighted by atomic mass is 35.5. The van der Waals surface area contributed by atoms with Gasteiger partial charge in [-0.1, -0.05) is 23.2 Å². The highest BCUT2D eigenvalue weighted by molar-refractivity contribution is 8.00. The van der Waals surface area contributed by atoms with E-state index in [2.05, 4.69) is 0 Å². The molecule has 2 rings (SSSR count). The molecule has 0 aromatic carbocycles. The molecule has 2 atom stereocenters. The van der Waals surface area contributed by atoms with Crippen molar-refractivity contribution in [2.24, 2.45) is 7.05 Å². The van der Waals surface area contributed by atoms with E-state index < -0.39 is 12.0 Å². The van der Waals surface area contributed by atoms with Gasteiger partial charge in [-0.15, -0.1) is 11.8 Å². The van der Waals surface area contributed by atoms with Crippen molar-refractivity contribution in [2.75, 3.05) is 5.75 Å². The Bertz CT molecular complexity index is 546. The lowest BCUT2D eigenvalue weighted by Crippen LogP contribution is -2.45. The third-order valence-electron chi connectivity index (χ3n) is 3.08. The summed E-state index contributed by atoms with van der Waals surface area (Å²) in [6, 6.07) is 0.640. The first kappa shape index (κ1) is 14.6. The van der Waals surface area contributed by atoms with E-state index >= 15 is 0 Å². The number of rotatable bonds is 2. The van der Waals surface area contributed by atoms with E-state index in [-0.39, 0.29) is 27.2 Å². The summed E-state index contributed by atoms with van der Waals surface area (Å²) in [5.74, 6) is -0.994. The molecule has 19 heavy (non-hydrogen) atoms. The van der Waals surface area contributed by atoms with Crippen LogP contribution in [-0.2, 0) is 11.8 Å². The van der Waals surface area contributed by atoms with Crippen molar-refractivity contribution in [3.63, 3.8) is 0 Å². The third-order valence-corrected chi connectivity index (χ3v) is 5.14. The molecule has 0 aliphatic carbocycles. The minimum Gasteiger partial charge on any atom is -0.480 e. The Hall–Kier alpha value is -0.850. The highest BCUT2D eigenvalue weighted by Gasteiger charge is 2.40. The SMILES string of the molecule is CC1SCC(C(=O)O)N1C(=O)c1cc(Cl)c(Cl)n1C. The maximum absolute atomic E-state index is 12.5. The van der Waals surface area contributed by atoms with Gasteiger partial charge in [-0.2, -0.15) is 0 Å². The van der Waals surface area contributed by atoms with Gasteiger partial charge in [0, 0.05) is 12.8 Å². The topological polar surface area (TPSA) is 62.5 Å². The lowest BCUT2D eigenvalue weighted by molar-refractivity contribution is -0.141. The lowest BCUT2D eigenvalue weighted by Gasteiger charge is -2.25. The van der Waals surface area contributed by atoms with Crippen LogP contribution in [0.1, 0.15) is 17.4 Å². The summed E-state index contributed by atoms with van der Waals surface area (Å²) in [5, 5.41) is 9.50. The van der Waals surface area contributed by atoms with Gasteiger partial charge in [0.05, 0.1) is 10.4 Å². The number of thioether (sulfide) groups is 1. The molecule has 1 aromatic heterocycles. The molecule has 0 radical (unpaired) electrons. The number of carboxylic acids is 1. The van der Waals surface area contributed by atoms with Crippen molar-refractivity contribution >= 4 is 46.8 Å². The Morgan fingerprint density at radius 1 is 1.47 bits per heavy atom. The molecule has 2 heterocycles. The molecule has 1 aliphatic rings. The van der Waals surface area contributed by atoms with Gasteiger partial charge >= 0.3 is 5.97 Å². The predicted molar refractivity (Wildman–Crippen MR) is 74.9 cm³/mol. The Morgan fingerprint density at radius 3 is 2.58 bits per heavy atom. The zero-order valence-electron chi connectivity index (χ0n) is 10.3. The molecule has 1 saturated heterocycles. The van der Waals surface area contributed by atoms with E-state index in [0.717, 1.165) is 0 Å². The van der Waals surface area contributed by atoms with E-state index in [1.807, 2.05) is 0 Å². The van der Waals surface area contributed by atoms with E-state index in [1.165, 1.54) is 27.3 Å². The number of nitrogens with zero attached hydrogens (tertiary/aromatic N) is 2. The van der Waals surface area contributed by atoms with E-state index in [1.54, 1.807) is 14.0 Å². The Balaban J connectivity index is 2.37. The Kier molecular flexibility index (Phi) is 4.03. The number of aliphatic carboxylic acids is 1. The first-order valence-corrected chi connectivity index (χ1v) is 7.32. The van der Waals surface area contributed by atoms with Gasteiger partial charge < -0.3 is 14.6 Å². The Labute approximate surface area is 124 Å². The van der Waals surface area contributed by atoms with Crippen molar-refractivity contribution in [1.82, 2.24) is 9.47 Å². The van der Waals surface area contributed by atoms with Crippen molar-refractivity contribution < 1.29 is 14.7 Å². The second kappa shape index (κ2) is 5.26.